The SMILES string of the molecule is COc1cccc(OC(=Nc2ccccc2)/C(C)=C/Oc2ccc(C)cc2)c1. The van der Waals surface area contributed by atoms with E-state index < -0.39 is 0 Å². The molecule has 0 N–H and O–H groups in total. The fourth-order valence-electron chi connectivity index (χ4n) is 2.41. The van der Waals surface area contributed by atoms with E-state index in [0.717, 1.165) is 17.0 Å². The second kappa shape index (κ2) is 9.42. The molecule has 0 aliphatic heterocycles. The number of hydrogen-bond donors (Lipinski definition) is 0. The third kappa shape index (κ3) is 5.48. The minimum absolute atomic E-state index is 0.451. The van der Waals surface area contributed by atoms with Crippen LogP contribution in [-0.2, 0) is 0 Å². The summed E-state index contributed by atoms with van der Waals surface area (Å²) in [5, 5.41) is 0. The third-order valence-electron chi connectivity index (χ3n) is 3.97. The predicted molar refractivity (Wildman–Crippen MR) is 113 cm³/mol. The summed E-state index contributed by atoms with van der Waals surface area (Å²) in [5.41, 5.74) is 2.73. The maximum atomic E-state index is 6.05. The lowest BCUT2D eigenvalue weighted by atomic mass is 10.2. The van der Waals surface area contributed by atoms with Crippen LogP contribution in [0.3, 0.4) is 0 Å². The van der Waals surface area contributed by atoms with Crippen molar-refractivity contribution >= 4 is 11.6 Å². The van der Waals surface area contributed by atoms with Gasteiger partial charge in [-0.15, -0.1) is 0 Å². The van der Waals surface area contributed by atoms with Gasteiger partial charge in [-0.25, -0.2) is 4.99 Å². The first-order chi connectivity index (χ1) is 13.6. The lowest BCUT2D eigenvalue weighted by Gasteiger charge is -2.11. The monoisotopic (exact) mass is 373 g/mol. The molecule has 3 aromatic carbocycles. The van der Waals surface area contributed by atoms with Gasteiger partial charge in [-0.3, -0.25) is 0 Å². The smallest absolute Gasteiger partial charge is 0.225 e. The molecule has 0 atom stereocenters. The molecule has 0 aromatic heterocycles. The van der Waals surface area contributed by atoms with E-state index in [4.69, 9.17) is 14.2 Å². The largest absolute Gasteiger partial charge is 0.497 e. The zero-order valence-corrected chi connectivity index (χ0v) is 16.3. The molecule has 28 heavy (non-hydrogen) atoms. The maximum Gasteiger partial charge on any atom is 0.225 e. The Morgan fingerprint density at radius 3 is 2.25 bits per heavy atom. The molecule has 142 valence electrons. The highest BCUT2D eigenvalue weighted by Crippen LogP contribution is 2.22. The first-order valence-corrected chi connectivity index (χ1v) is 9.00. The number of para-hydroxylation sites is 1. The molecular weight excluding hydrogens is 350 g/mol. The first kappa shape index (κ1) is 19.2. The van der Waals surface area contributed by atoms with E-state index in [2.05, 4.69) is 4.99 Å². The fraction of sp³-hybridized carbons (Fsp3) is 0.125. The number of benzene rings is 3. The molecule has 4 heteroatoms. The Hall–Kier alpha value is -3.53. The van der Waals surface area contributed by atoms with E-state index in [0.29, 0.717) is 17.4 Å². The molecule has 0 radical (unpaired) electrons. The van der Waals surface area contributed by atoms with Crippen molar-refractivity contribution in [2.24, 2.45) is 4.99 Å². The van der Waals surface area contributed by atoms with Crippen LogP contribution in [0.25, 0.3) is 0 Å². The van der Waals surface area contributed by atoms with Gasteiger partial charge in [0.05, 0.1) is 19.1 Å². The molecule has 0 aliphatic carbocycles. The van der Waals surface area contributed by atoms with Crippen molar-refractivity contribution in [1.82, 2.24) is 0 Å². The van der Waals surface area contributed by atoms with E-state index in [1.165, 1.54) is 5.56 Å². The van der Waals surface area contributed by atoms with Gasteiger partial charge in [0.1, 0.15) is 17.2 Å². The molecule has 0 bridgehead atoms. The lowest BCUT2D eigenvalue weighted by molar-refractivity contribution is 0.411. The number of aliphatic imine (C=N–C) groups is 1. The normalized spacial score (nSPS) is 11.8. The average molecular weight is 373 g/mol. The minimum atomic E-state index is 0.451. The van der Waals surface area contributed by atoms with Crippen LogP contribution in [0.4, 0.5) is 5.69 Å². The summed E-state index contributed by atoms with van der Waals surface area (Å²) in [7, 11) is 1.62. The first-order valence-electron chi connectivity index (χ1n) is 9.00. The van der Waals surface area contributed by atoms with Crippen LogP contribution >= 0.6 is 0 Å². The standard InChI is InChI=1S/C24H23NO3/c1-18-12-14-21(15-13-18)27-17-19(2)24(25-20-8-5-4-6-9-20)28-23-11-7-10-22(16-23)26-3/h4-17H,1-3H3/b19-17+,25-24?. The van der Waals surface area contributed by atoms with Gasteiger partial charge in [0.2, 0.25) is 5.90 Å². The topological polar surface area (TPSA) is 40.0 Å². The van der Waals surface area contributed by atoms with Crippen LogP contribution in [-0.4, -0.2) is 13.0 Å². The van der Waals surface area contributed by atoms with Crippen LogP contribution in [0.1, 0.15) is 12.5 Å². The van der Waals surface area contributed by atoms with E-state index >= 15 is 0 Å². The molecule has 0 saturated heterocycles. The van der Waals surface area contributed by atoms with Gasteiger partial charge in [0.25, 0.3) is 0 Å². The number of aryl methyl sites for hydroxylation is 1. The fourth-order valence-corrected chi connectivity index (χ4v) is 2.41. The molecular formula is C24H23NO3. The van der Waals surface area contributed by atoms with Gasteiger partial charge >= 0.3 is 0 Å². The van der Waals surface area contributed by atoms with Crippen LogP contribution in [0.2, 0.25) is 0 Å². The van der Waals surface area contributed by atoms with E-state index in [-0.39, 0.29) is 0 Å². The van der Waals surface area contributed by atoms with Crippen molar-refractivity contribution in [1.29, 1.82) is 0 Å². The van der Waals surface area contributed by atoms with E-state index in [1.54, 1.807) is 13.4 Å². The Morgan fingerprint density at radius 2 is 1.54 bits per heavy atom. The van der Waals surface area contributed by atoms with Gasteiger partial charge < -0.3 is 14.2 Å². The van der Waals surface area contributed by atoms with Gasteiger partial charge in [-0.1, -0.05) is 42.0 Å². The van der Waals surface area contributed by atoms with Gasteiger partial charge in [0.15, 0.2) is 0 Å². The molecule has 3 rings (SSSR count). The molecule has 0 fully saturated rings. The lowest BCUT2D eigenvalue weighted by Crippen LogP contribution is -2.11. The predicted octanol–water partition coefficient (Wildman–Crippen LogP) is 6.10. The molecule has 0 aliphatic rings. The van der Waals surface area contributed by atoms with Gasteiger partial charge in [0, 0.05) is 11.6 Å². The molecule has 0 saturated carbocycles. The van der Waals surface area contributed by atoms with Crippen molar-refractivity contribution in [2.75, 3.05) is 7.11 Å². The summed E-state index contributed by atoms with van der Waals surface area (Å²) in [6, 6.07) is 24.9. The zero-order chi connectivity index (χ0) is 19.8. The highest BCUT2D eigenvalue weighted by Gasteiger charge is 2.09. The van der Waals surface area contributed by atoms with E-state index in [1.807, 2.05) is 92.7 Å². The quantitative estimate of drug-likeness (QED) is 0.298. The Morgan fingerprint density at radius 1 is 0.821 bits per heavy atom. The summed E-state index contributed by atoms with van der Waals surface area (Å²) in [5.74, 6) is 2.56. The van der Waals surface area contributed by atoms with Crippen molar-refractivity contribution < 1.29 is 14.2 Å². The minimum Gasteiger partial charge on any atom is -0.497 e. The highest BCUT2D eigenvalue weighted by atomic mass is 16.5. The second-order valence-corrected chi connectivity index (χ2v) is 6.27. The van der Waals surface area contributed by atoms with Crippen molar-refractivity contribution in [3.05, 3.63) is 96.3 Å². The third-order valence-corrected chi connectivity index (χ3v) is 3.97. The van der Waals surface area contributed by atoms with Gasteiger partial charge in [-0.2, -0.15) is 0 Å². The molecule has 0 amide bonds. The molecule has 3 aromatic rings. The van der Waals surface area contributed by atoms with Crippen LogP contribution in [0.15, 0.2) is 95.7 Å². The Labute approximate surface area is 165 Å². The number of methoxy groups -OCH3 is 1. The van der Waals surface area contributed by atoms with E-state index in [9.17, 15) is 0 Å². The number of nitrogens with zero attached hydrogens (tertiary/aromatic N) is 1. The van der Waals surface area contributed by atoms with Gasteiger partial charge in [-0.05, 0) is 50.2 Å². The Balaban J connectivity index is 1.87. The maximum absolute atomic E-state index is 6.05. The zero-order valence-electron chi connectivity index (χ0n) is 16.3. The number of ether oxygens (including phenoxy) is 3. The number of hydrogen-bond acceptors (Lipinski definition) is 4. The molecule has 0 spiro atoms. The summed E-state index contributed by atoms with van der Waals surface area (Å²) < 4.78 is 17.1. The highest BCUT2D eigenvalue weighted by molar-refractivity contribution is 5.96. The second-order valence-electron chi connectivity index (χ2n) is 6.27. The van der Waals surface area contributed by atoms with Crippen molar-refractivity contribution in [2.45, 2.75) is 13.8 Å². The summed E-state index contributed by atoms with van der Waals surface area (Å²) in [6.45, 7) is 3.94. The molecule has 0 unspecified atom stereocenters. The summed E-state index contributed by atoms with van der Waals surface area (Å²) in [4.78, 5) is 4.64. The van der Waals surface area contributed by atoms with Crippen molar-refractivity contribution in [3.8, 4) is 17.2 Å². The summed E-state index contributed by atoms with van der Waals surface area (Å²) in [6.07, 6.45) is 1.65. The average Bonchev–Trinajstić information content (AvgIpc) is 2.73. The number of rotatable bonds is 6. The molecule has 4 nitrogen and oxygen atoms in total. The summed E-state index contributed by atoms with van der Waals surface area (Å²) >= 11 is 0. The molecule has 0 heterocycles. The van der Waals surface area contributed by atoms with Crippen LogP contribution in [0.5, 0.6) is 17.2 Å². The Bertz CT molecular complexity index is 961. The van der Waals surface area contributed by atoms with Crippen molar-refractivity contribution in [3.63, 3.8) is 0 Å². The Kier molecular flexibility index (Phi) is 6.47. The van der Waals surface area contributed by atoms with Crippen LogP contribution in [0, 0.1) is 6.92 Å². The van der Waals surface area contributed by atoms with Crippen LogP contribution < -0.4 is 14.2 Å².